The van der Waals surface area contributed by atoms with Crippen molar-refractivity contribution in [2.24, 2.45) is 0 Å². The Kier molecular flexibility index (Phi) is 26.0. The van der Waals surface area contributed by atoms with Crippen LogP contribution in [0.5, 0.6) is 23.0 Å². The number of nitrogens with zero attached hydrogens (tertiary/aromatic N) is 5. The molecule has 0 saturated carbocycles. The number of halogens is 6. The van der Waals surface area contributed by atoms with Crippen LogP contribution < -0.4 is 40.6 Å². The zero-order valence-corrected chi connectivity index (χ0v) is 42.0. The van der Waals surface area contributed by atoms with E-state index in [1.165, 1.54) is 83.0 Å². The normalized spacial score (nSPS) is 14.1. The Hall–Kier alpha value is -5.17. The first-order valence-electron chi connectivity index (χ1n) is 22.9. The van der Waals surface area contributed by atoms with Crippen molar-refractivity contribution in [1.29, 1.82) is 0 Å². The van der Waals surface area contributed by atoms with Crippen molar-refractivity contribution >= 4 is 63.4 Å². The van der Waals surface area contributed by atoms with E-state index in [-0.39, 0.29) is 21.1 Å². The molecule has 6 heterocycles. The van der Waals surface area contributed by atoms with Crippen LogP contribution in [0.2, 0.25) is 15.3 Å². The molecule has 3 aliphatic rings. The molecule has 3 fully saturated rings. The summed E-state index contributed by atoms with van der Waals surface area (Å²) in [6.07, 6.45) is 13.1. The number of methoxy groups -OCH3 is 2. The van der Waals surface area contributed by atoms with Gasteiger partial charge in [0.05, 0.1) is 62.4 Å². The lowest BCUT2D eigenvalue weighted by atomic mass is 10.2. The van der Waals surface area contributed by atoms with Gasteiger partial charge in [-0.15, -0.1) is 0 Å². The van der Waals surface area contributed by atoms with Crippen LogP contribution >= 0.6 is 34.8 Å². The molecule has 69 heavy (non-hydrogen) atoms. The number of anilines is 5. The molecule has 2 aromatic carbocycles. The Bertz CT molecular complexity index is 2250. The van der Waals surface area contributed by atoms with Gasteiger partial charge in [-0.25, -0.2) is 28.1 Å². The second-order valence-corrected chi connectivity index (χ2v) is 16.9. The van der Waals surface area contributed by atoms with Crippen molar-refractivity contribution in [1.82, 2.24) is 24.8 Å². The summed E-state index contributed by atoms with van der Waals surface area (Å²) in [4.78, 5) is 16.0. The number of rotatable bonds is 16. The zero-order chi connectivity index (χ0) is 49.8. The third kappa shape index (κ3) is 21.2. The topological polar surface area (TPSA) is 153 Å². The second-order valence-electron chi connectivity index (χ2n) is 15.7. The maximum atomic E-state index is 13.6. The SMILES string of the molecule is C1CCOC1.CNc1cc(Cl)ncc1F.CNc1cc(Nc2ccc(OC)c(OCCCN3CCCC3)c2)ncc1F.COc1ccc(N)cc1OCCCN1CCCC1.Fc1cnc(Cl)cc1Cl. The van der Waals surface area contributed by atoms with Gasteiger partial charge in [-0.2, -0.15) is 0 Å². The Balaban J connectivity index is 0.000000210. The lowest BCUT2D eigenvalue weighted by Crippen LogP contribution is -2.21. The molecule has 14 nitrogen and oxygen atoms in total. The van der Waals surface area contributed by atoms with E-state index >= 15 is 0 Å². The smallest absolute Gasteiger partial charge is 0.164 e. The fourth-order valence-electron chi connectivity index (χ4n) is 6.98. The van der Waals surface area contributed by atoms with Crippen LogP contribution in [0.15, 0.2) is 73.2 Å². The molecular weight excluding hydrogens is 958 g/mol. The molecule has 0 unspecified atom stereocenters. The molecule has 20 heteroatoms. The third-order valence-electron chi connectivity index (χ3n) is 10.6. The lowest BCUT2D eigenvalue weighted by molar-refractivity contribution is 0.198. The van der Waals surface area contributed by atoms with Crippen molar-refractivity contribution in [3.05, 3.63) is 106 Å². The molecule has 0 aliphatic carbocycles. The number of nitrogen functional groups attached to an aromatic ring is 1. The van der Waals surface area contributed by atoms with E-state index in [0.29, 0.717) is 47.6 Å². The number of hydrogen-bond donors (Lipinski definition) is 4. The standard InChI is InChI=1S/C20H27FN4O2.C14H22N2O2.C6H6ClFN2.C5H2Cl2FN.C4H8O/c1-22-17-13-20(23-14-16(17)21)24-15-6-7-18(26-2)19(12-15)27-11-5-10-25-8-3-4-9-25;1-17-13-6-5-12(15)11-14(13)18-10-4-9-16-7-2-3-8-16;1-9-5-2-6(7)10-3-4(5)8;6-3-1-5(7)9-2-4(3)8;1-2-4-5-3-1/h6-7,12-14H,3-5,8-11H2,1-2H3,(H2,22,23,24);5-6,11H,2-4,7-10,15H2,1H3;2-3H,1H3,(H,9,10);1-2H;1-4H2. The van der Waals surface area contributed by atoms with Crippen LogP contribution in [0.3, 0.4) is 0 Å². The van der Waals surface area contributed by atoms with Crippen LogP contribution in [0.4, 0.5) is 41.7 Å². The van der Waals surface area contributed by atoms with Crippen LogP contribution in [-0.2, 0) is 4.74 Å². The van der Waals surface area contributed by atoms with Gasteiger partial charge in [0, 0.05) is 76.0 Å². The number of hydrogen-bond acceptors (Lipinski definition) is 14. The van der Waals surface area contributed by atoms with Crippen molar-refractivity contribution < 1.29 is 36.9 Å². The quantitative estimate of drug-likeness (QED) is 0.0421. The molecule has 0 spiro atoms. The number of nitrogens with two attached hydrogens (primary N) is 1. The Morgan fingerprint density at radius 2 is 1.10 bits per heavy atom. The van der Waals surface area contributed by atoms with Gasteiger partial charge < -0.3 is 55.2 Å². The maximum absolute atomic E-state index is 13.6. The third-order valence-corrected chi connectivity index (χ3v) is 11.3. The average molecular weight is 1020 g/mol. The van der Waals surface area contributed by atoms with Crippen molar-refractivity contribution in [3.8, 4) is 23.0 Å². The average Bonchev–Trinajstić information content (AvgIpc) is 4.21. The number of nitrogens with one attached hydrogen (secondary N) is 3. The van der Waals surface area contributed by atoms with E-state index in [4.69, 9.17) is 64.2 Å². The highest BCUT2D eigenvalue weighted by Gasteiger charge is 2.13. The van der Waals surface area contributed by atoms with E-state index < -0.39 is 11.6 Å². The van der Waals surface area contributed by atoms with E-state index in [1.807, 2.05) is 36.4 Å². The summed E-state index contributed by atoms with van der Waals surface area (Å²) < 4.78 is 65.7. The predicted octanol–water partition coefficient (Wildman–Crippen LogP) is 11.3. The Morgan fingerprint density at radius 1 is 0.609 bits per heavy atom. The van der Waals surface area contributed by atoms with Gasteiger partial charge in [0.2, 0.25) is 0 Å². The summed E-state index contributed by atoms with van der Waals surface area (Å²) in [5.41, 5.74) is 7.99. The van der Waals surface area contributed by atoms with E-state index in [1.54, 1.807) is 34.4 Å². The van der Waals surface area contributed by atoms with Crippen LogP contribution in [0, 0.1) is 17.5 Å². The Morgan fingerprint density at radius 3 is 1.58 bits per heavy atom. The molecule has 0 radical (unpaired) electrons. The first-order valence-corrected chi connectivity index (χ1v) is 24.0. The number of likely N-dealkylation sites (tertiary alicyclic amines) is 2. The number of ether oxygens (including phenoxy) is 5. The highest BCUT2D eigenvalue weighted by molar-refractivity contribution is 6.33. The van der Waals surface area contributed by atoms with Gasteiger partial charge in [0.25, 0.3) is 0 Å². The second kappa shape index (κ2) is 31.9. The molecule has 8 rings (SSSR count). The molecule has 3 saturated heterocycles. The van der Waals surface area contributed by atoms with Gasteiger partial charge >= 0.3 is 0 Å². The number of benzene rings is 2. The number of pyridine rings is 3. The highest BCUT2D eigenvalue weighted by atomic mass is 35.5. The largest absolute Gasteiger partial charge is 0.493 e. The minimum absolute atomic E-state index is 0.00463. The van der Waals surface area contributed by atoms with Crippen LogP contribution in [0.25, 0.3) is 0 Å². The van der Waals surface area contributed by atoms with Gasteiger partial charge in [-0.05, 0) is 108 Å². The van der Waals surface area contributed by atoms with Crippen LogP contribution in [-0.4, -0.2) is 119 Å². The first kappa shape index (κ1) is 56.4. The fraction of sp³-hybridized carbons (Fsp3) is 0.449. The number of aromatic nitrogens is 3. The van der Waals surface area contributed by atoms with Gasteiger partial charge in [-0.1, -0.05) is 34.8 Å². The van der Waals surface area contributed by atoms with Crippen LogP contribution in [0.1, 0.15) is 51.4 Å². The minimum Gasteiger partial charge on any atom is -0.493 e. The highest BCUT2D eigenvalue weighted by Crippen LogP contribution is 2.32. The summed E-state index contributed by atoms with van der Waals surface area (Å²) >= 11 is 16.1. The molecule has 5 aromatic rings. The molecule has 0 atom stereocenters. The van der Waals surface area contributed by atoms with Gasteiger partial charge in [-0.3, -0.25) is 0 Å². The molecule has 5 N–H and O–H groups in total. The predicted molar refractivity (Wildman–Crippen MR) is 272 cm³/mol. The Labute approximate surface area is 419 Å². The molecule has 3 aromatic heterocycles. The minimum atomic E-state index is -0.555. The summed E-state index contributed by atoms with van der Waals surface area (Å²) in [5, 5.41) is 9.09. The lowest BCUT2D eigenvalue weighted by Gasteiger charge is -2.16. The maximum Gasteiger partial charge on any atom is 0.164 e. The molecule has 0 bridgehead atoms. The van der Waals surface area contributed by atoms with E-state index in [0.717, 1.165) is 68.7 Å². The summed E-state index contributed by atoms with van der Waals surface area (Å²) in [5.74, 6) is 2.05. The van der Waals surface area contributed by atoms with E-state index in [2.05, 4.69) is 40.7 Å². The van der Waals surface area contributed by atoms with E-state index in [9.17, 15) is 13.2 Å². The molecular formula is C49H65Cl3F3N9O5. The van der Waals surface area contributed by atoms with Crippen molar-refractivity contribution in [2.45, 2.75) is 51.4 Å². The van der Waals surface area contributed by atoms with Crippen molar-refractivity contribution in [2.75, 3.05) is 116 Å². The monoisotopic (exact) mass is 1020 g/mol. The first-order chi connectivity index (χ1) is 33.4. The van der Waals surface area contributed by atoms with Gasteiger partial charge in [0.1, 0.15) is 16.1 Å². The van der Waals surface area contributed by atoms with Crippen molar-refractivity contribution in [3.63, 3.8) is 0 Å². The molecule has 378 valence electrons. The summed E-state index contributed by atoms with van der Waals surface area (Å²) in [6, 6.07) is 15.4. The molecule has 3 aliphatic heterocycles. The summed E-state index contributed by atoms with van der Waals surface area (Å²) in [6.45, 7) is 10.4. The fourth-order valence-corrected chi connectivity index (χ4v) is 7.50. The zero-order valence-electron chi connectivity index (χ0n) is 39.8. The molecule has 0 amide bonds. The summed E-state index contributed by atoms with van der Waals surface area (Å²) in [7, 11) is 6.56. The van der Waals surface area contributed by atoms with Gasteiger partial charge in [0.15, 0.2) is 40.4 Å².